The molecule has 19 heavy (non-hydrogen) atoms. The summed E-state index contributed by atoms with van der Waals surface area (Å²) in [5, 5.41) is 6.09. The number of rotatable bonds is 4. The van der Waals surface area contributed by atoms with Crippen molar-refractivity contribution in [3.8, 4) is 0 Å². The molecule has 0 saturated heterocycles. The van der Waals surface area contributed by atoms with Gasteiger partial charge in [-0.15, -0.1) is 0 Å². The van der Waals surface area contributed by atoms with Gasteiger partial charge in [0.05, 0.1) is 12.8 Å². The maximum Gasteiger partial charge on any atom is 0.117 e. The molecule has 1 heterocycles. The summed E-state index contributed by atoms with van der Waals surface area (Å²) < 4.78 is 5.34. The van der Waals surface area contributed by atoms with Crippen molar-refractivity contribution in [2.24, 2.45) is 0 Å². The van der Waals surface area contributed by atoms with Gasteiger partial charge in [0.1, 0.15) is 5.76 Å². The lowest BCUT2D eigenvalue weighted by Crippen LogP contribution is -2.17. The van der Waals surface area contributed by atoms with Crippen LogP contribution in [0.25, 0.3) is 10.8 Å². The third kappa shape index (κ3) is 2.54. The molecule has 0 amide bonds. The first kappa shape index (κ1) is 12.0. The smallest absolute Gasteiger partial charge is 0.117 e. The van der Waals surface area contributed by atoms with Crippen molar-refractivity contribution in [1.82, 2.24) is 5.32 Å². The van der Waals surface area contributed by atoms with Gasteiger partial charge < -0.3 is 9.73 Å². The Morgan fingerprint density at radius 1 is 1.00 bits per heavy atom. The molecule has 3 aromatic rings. The van der Waals surface area contributed by atoms with Crippen LogP contribution in [0.1, 0.15) is 24.3 Å². The SMILES string of the molecule is CC(NCc1ccco1)c1cccc2ccccc12. The van der Waals surface area contributed by atoms with Crippen LogP contribution in [-0.2, 0) is 6.54 Å². The van der Waals surface area contributed by atoms with Crippen molar-refractivity contribution in [3.05, 3.63) is 72.2 Å². The molecule has 1 aromatic heterocycles. The lowest BCUT2D eigenvalue weighted by atomic mass is 10.00. The quantitative estimate of drug-likeness (QED) is 0.748. The predicted molar refractivity (Wildman–Crippen MR) is 77.9 cm³/mol. The van der Waals surface area contributed by atoms with Gasteiger partial charge in [0, 0.05) is 6.04 Å². The van der Waals surface area contributed by atoms with Crippen LogP contribution in [0.2, 0.25) is 0 Å². The van der Waals surface area contributed by atoms with Crippen LogP contribution in [0.15, 0.2) is 65.3 Å². The second kappa shape index (κ2) is 5.29. The highest BCUT2D eigenvalue weighted by molar-refractivity contribution is 5.86. The van der Waals surface area contributed by atoms with Crippen LogP contribution in [0.4, 0.5) is 0 Å². The molecule has 1 N–H and O–H groups in total. The molecule has 3 rings (SSSR count). The second-order valence-corrected chi connectivity index (χ2v) is 4.75. The van der Waals surface area contributed by atoms with E-state index in [9.17, 15) is 0 Å². The normalized spacial score (nSPS) is 12.7. The Balaban J connectivity index is 1.83. The van der Waals surface area contributed by atoms with Gasteiger partial charge in [0.2, 0.25) is 0 Å². The topological polar surface area (TPSA) is 25.2 Å². The summed E-state index contributed by atoms with van der Waals surface area (Å²) in [6, 6.07) is 19.1. The van der Waals surface area contributed by atoms with Gasteiger partial charge in [0.25, 0.3) is 0 Å². The summed E-state index contributed by atoms with van der Waals surface area (Å²) in [4.78, 5) is 0. The van der Waals surface area contributed by atoms with Crippen molar-refractivity contribution in [3.63, 3.8) is 0 Å². The standard InChI is InChI=1S/C17H17NO/c1-13(18-12-15-8-5-11-19-15)16-10-4-7-14-6-2-3-9-17(14)16/h2-11,13,18H,12H2,1H3. The molecule has 2 aromatic carbocycles. The first-order valence-corrected chi connectivity index (χ1v) is 6.58. The van der Waals surface area contributed by atoms with Crippen LogP contribution in [0, 0.1) is 0 Å². The zero-order valence-electron chi connectivity index (χ0n) is 11.0. The predicted octanol–water partition coefficient (Wildman–Crippen LogP) is 4.28. The molecule has 0 fully saturated rings. The number of furan rings is 1. The molecule has 2 heteroatoms. The van der Waals surface area contributed by atoms with Crippen molar-refractivity contribution >= 4 is 10.8 Å². The first-order valence-electron chi connectivity index (χ1n) is 6.58. The number of hydrogen-bond acceptors (Lipinski definition) is 2. The molecule has 1 unspecified atom stereocenters. The van der Waals surface area contributed by atoms with Crippen molar-refractivity contribution < 1.29 is 4.42 Å². The van der Waals surface area contributed by atoms with Crippen LogP contribution in [-0.4, -0.2) is 0 Å². The average Bonchev–Trinajstić information content (AvgIpc) is 2.97. The fraction of sp³-hybridized carbons (Fsp3) is 0.176. The van der Waals surface area contributed by atoms with Gasteiger partial charge in [-0.25, -0.2) is 0 Å². The molecule has 2 nitrogen and oxygen atoms in total. The Kier molecular flexibility index (Phi) is 3.34. The highest BCUT2D eigenvalue weighted by Crippen LogP contribution is 2.24. The van der Waals surface area contributed by atoms with E-state index in [0.29, 0.717) is 0 Å². The molecule has 0 spiro atoms. The third-order valence-electron chi connectivity index (χ3n) is 3.45. The molecular formula is C17H17NO. The summed E-state index contributed by atoms with van der Waals surface area (Å²) in [6.45, 7) is 2.93. The maximum absolute atomic E-state index is 5.34. The molecule has 0 saturated carbocycles. The van der Waals surface area contributed by atoms with Gasteiger partial charge in [-0.2, -0.15) is 0 Å². The summed E-state index contributed by atoms with van der Waals surface area (Å²) in [5.41, 5.74) is 1.32. The van der Waals surface area contributed by atoms with Crippen molar-refractivity contribution in [1.29, 1.82) is 0 Å². The van der Waals surface area contributed by atoms with E-state index < -0.39 is 0 Å². The molecule has 0 aliphatic heterocycles. The maximum atomic E-state index is 5.34. The second-order valence-electron chi connectivity index (χ2n) is 4.75. The highest BCUT2D eigenvalue weighted by Gasteiger charge is 2.08. The van der Waals surface area contributed by atoms with Crippen LogP contribution >= 0.6 is 0 Å². The van der Waals surface area contributed by atoms with E-state index in [0.717, 1.165) is 12.3 Å². The van der Waals surface area contributed by atoms with E-state index in [1.165, 1.54) is 16.3 Å². The molecule has 0 radical (unpaired) electrons. The molecule has 96 valence electrons. The fourth-order valence-corrected chi connectivity index (χ4v) is 2.40. The summed E-state index contributed by atoms with van der Waals surface area (Å²) in [5.74, 6) is 0.965. The largest absolute Gasteiger partial charge is 0.468 e. The minimum atomic E-state index is 0.288. The Morgan fingerprint density at radius 3 is 2.68 bits per heavy atom. The van der Waals surface area contributed by atoms with Gasteiger partial charge in [-0.3, -0.25) is 0 Å². The zero-order valence-corrected chi connectivity index (χ0v) is 11.0. The van der Waals surface area contributed by atoms with Crippen LogP contribution in [0.5, 0.6) is 0 Å². The van der Waals surface area contributed by atoms with Gasteiger partial charge in [0.15, 0.2) is 0 Å². The lowest BCUT2D eigenvalue weighted by Gasteiger charge is -2.15. The minimum Gasteiger partial charge on any atom is -0.468 e. The van der Waals surface area contributed by atoms with E-state index in [4.69, 9.17) is 4.42 Å². The summed E-state index contributed by atoms with van der Waals surface area (Å²) >= 11 is 0. The van der Waals surface area contributed by atoms with Gasteiger partial charge in [-0.1, -0.05) is 42.5 Å². The summed E-state index contributed by atoms with van der Waals surface area (Å²) in [6.07, 6.45) is 1.71. The lowest BCUT2D eigenvalue weighted by molar-refractivity contribution is 0.461. The first-order chi connectivity index (χ1) is 9.34. The molecule has 0 aliphatic carbocycles. The van der Waals surface area contributed by atoms with Gasteiger partial charge >= 0.3 is 0 Å². The highest BCUT2D eigenvalue weighted by atomic mass is 16.3. The Bertz CT molecular complexity index is 653. The van der Waals surface area contributed by atoms with E-state index in [1.807, 2.05) is 12.1 Å². The van der Waals surface area contributed by atoms with Crippen molar-refractivity contribution in [2.75, 3.05) is 0 Å². The van der Waals surface area contributed by atoms with E-state index in [2.05, 4.69) is 54.7 Å². The number of fused-ring (bicyclic) bond motifs is 1. The third-order valence-corrected chi connectivity index (χ3v) is 3.45. The number of hydrogen-bond donors (Lipinski definition) is 1. The van der Waals surface area contributed by atoms with Crippen LogP contribution < -0.4 is 5.32 Å². The molecule has 0 aliphatic rings. The Hall–Kier alpha value is -2.06. The molecular weight excluding hydrogens is 234 g/mol. The molecule has 0 bridgehead atoms. The van der Waals surface area contributed by atoms with E-state index >= 15 is 0 Å². The Morgan fingerprint density at radius 2 is 1.84 bits per heavy atom. The van der Waals surface area contributed by atoms with Crippen LogP contribution in [0.3, 0.4) is 0 Å². The summed E-state index contributed by atoms with van der Waals surface area (Å²) in [7, 11) is 0. The van der Waals surface area contributed by atoms with E-state index in [-0.39, 0.29) is 6.04 Å². The monoisotopic (exact) mass is 251 g/mol. The van der Waals surface area contributed by atoms with Crippen molar-refractivity contribution in [2.45, 2.75) is 19.5 Å². The minimum absolute atomic E-state index is 0.288. The molecule has 1 atom stereocenters. The number of benzene rings is 2. The fourth-order valence-electron chi connectivity index (χ4n) is 2.40. The number of nitrogens with one attached hydrogen (secondary N) is 1. The van der Waals surface area contributed by atoms with E-state index in [1.54, 1.807) is 6.26 Å². The van der Waals surface area contributed by atoms with Gasteiger partial charge in [-0.05, 0) is 35.4 Å². The average molecular weight is 251 g/mol. The zero-order chi connectivity index (χ0) is 13.1. The Labute approximate surface area is 113 Å².